The Morgan fingerprint density at radius 3 is 2.38 bits per heavy atom. The fourth-order valence-corrected chi connectivity index (χ4v) is 3.20. The predicted octanol–water partition coefficient (Wildman–Crippen LogP) is 2.68. The van der Waals surface area contributed by atoms with Gasteiger partial charge in [0.05, 0.1) is 6.04 Å². The number of likely N-dealkylation sites (N-methyl/N-ethyl adjacent to an activating group) is 1. The average molecular weight is 359 g/mol. The van der Waals surface area contributed by atoms with Crippen molar-refractivity contribution in [2.75, 3.05) is 39.8 Å². The standard InChI is InChI=1S/C20H23F2N3O/c1-24-9-11-25(12-10-24)19(15-5-7-17(21)8-6-15)14-23-20(26)16-3-2-4-18(22)13-16/h2-8,13,19H,9-12,14H2,1H3,(H,23,26)/t19-/m0/s1. The van der Waals surface area contributed by atoms with Gasteiger partial charge < -0.3 is 10.2 Å². The summed E-state index contributed by atoms with van der Waals surface area (Å²) < 4.78 is 26.6. The molecular formula is C20H23F2N3O. The Morgan fingerprint density at radius 2 is 1.73 bits per heavy atom. The lowest BCUT2D eigenvalue weighted by molar-refractivity contribution is 0.0885. The van der Waals surface area contributed by atoms with Crippen molar-refractivity contribution in [3.05, 3.63) is 71.3 Å². The molecule has 0 radical (unpaired) electrons. The minimum absolute atomic E-state index is 0.0539. The van der Waals surface area contributed by atoms with Crippen LogP contribution in [0.15, 0.2) is 48.5 Å². The predicted molar refractivity (Wildman–Crippen MR) is 96.9 cm³/mol. The van der Waals surface area contributed by atoms with Crippen molar-refractivity contribution in [3.63, 3.8) is 0 Å². The Bertz CT molecular complexity index is 743. The Balaban J connectivity index is 1.73. The largest absolute Gasteiger partial charge is 0.350 e. The lowest BCUT2D eigenvalue weighted by Crippen LogP contribution is -2.48. The maximum Gasteiger partial charge on any atom is 0.251 e. The summed E-state index contributed by atoms with van der Waals surface area (Å²) in [6.45, 7) is 4.00. The fourth-order valence-electron chi connectivity index (χ4n) is 3.20. The van der Waals surface area contributed by atoms with E-state index in [1.165, 1.54) is 30.3 Å². The third-order valence-corrected chi connectivity index (χ3v) is 4.78. The topological polar surface area (TPSA) is 35.6 Å². The summed E-state index contributed by atoms with van der Waals surface area (Å²) in [4.78, 5) is 16.9. The molecule has 1 heterocycles. The number of carbonyl (C=O) groups is 1. The zero-order valence-electron chi connectivity index (χ0n) is 14.8. The molecule has 0 unspecified atom stereocenters. The van der Waals surface area contributed by atoms with Crippen LogP contribution in [0.2, 0.25) is 0 Å². The van der Waals surface area contributed by atoms with Gasteiger partial charge in [-0.3, -0.25) is 9.69 Å². The number of rotatable bonds is 5. The quantitative estimate of drug-likeness (QED) is 0.892. The molecule has 3 rings (SSSR count). The number of piperazine rings is 1. The van der Waals surface area contributed by atoms with Crippen LogP contribution in [0, 0.1) is 11.6 Å². The number of nitrogens with one attached hydrogen (secondary N) is 1. The van der Waals surface area contributed by atoms with E-state index >= 15 is 0 Å². The van der Waals surface area contributed by atoms with Crippen LogP contribution in [0.4, 0.5) is 8.78 Å². The van der Waals surface area contributed by atoms with Gasteiger partial charge in [-0.25, -0.2) is 8.78 Å². The van der Waals surface area contributed by atoms with Crippen LogP contribution in [0.3, 0.4) is 0 Å². The van der Waals surface area contributed by atoms with Crippen molar-refractivity contribution in [1.29, 1.82) is 0 Å². The van der Waals surface area contributed by atoms with E-state index in [1.807, 2.05) is 0 Å². The number of hydrogen-bond acceptors (Lipinski definition) is 3. The van der Waals surface area contributed by atoms with Crippen molar-refractivity contribution in [2.24, 2.45) is 0 Å². The molecule has 26 heavy (non-hydrogen) atoms. The molecule has 2 aromatic carbocycles. The van der Waals surface area contributed by atoms with Crippen LogP contribution in [0.1, 0.15) is 22.0 Å². The van der Waals surface area contributed by atoms with E-state index in [4.69, 9.17) is 0 Å². The van der Waals surface area contributed by atoms with Gasteiger partial charge >= 0.3 is 0 Å². The van der Waals surface area contributed by atoms with Crippen molar-refractivity contribution < 1.29 is 13.6 Å². The highest BCUT2D eigenvalue weighted by Crippen LogP contribution is 2.22. The van der Waals surface area contributed by atoms with Gasteiger partial charge in [0.2, 0.25) is 0 Å². The Kier molecular flexibility index (Phi) is 5.96. The van der Waals surface area contributed by atoms with Crippen LogP contribution >= 0.6 is 0 Å². The first-order valence-electron chi connectivity index (χ1n) is 8.75. The summed E-state index contributed by atoms with van der Waals surface area (Å²) >= 11 is 0. The smallest absolute Gasteiger partial charge is 0.251 e. The monoisotopic (exact) mass is 359 g/mol. The molecule has 1 amide bonds. The molecule has 2 aromatic rings. The molecular weight excluding hydrogens is 336 g/mol. The van der Waals surface area contributed by atoms with Crippen molar-refractivity contribution in [1.82, 2.24) is 15.1 Å². The summed E-state index contributed by atoms with van der Waals surface area (Å²) in [5.74, 6) is -1.03. The molecule has 0 aromatic heterocycles. The maximum atomic E-state index is 13.3. The van der Waals surface area contributed by atoms with Gasteiger partial charge in [0.1, 0.15) is 11.6 Å². The summed E-state index contributed by atoms with van der Waals surface area (Å²) in [7, 11) is 2.08. The van der Waals surface area contributed by atoms with Gasteiger partial charge in [-0.15, -0.1) is 0 Å². The van der Waals surface area contributed by atoms with Crippen LogP contribution in [0.5, 0.6) is 0 Å². The van der Waals surface area contributed by atoms with Crippen molar-refractivity contribution in [2.45, 2.75) is 6.04 Å². The van der Waals surface area contributed by atoms with Crippen molar-refractivity contribution in [3.8, 4) is 0 Å². The first kappa shape index (κ1) is 18.5. The molecule has 1 atom stereocenters. The van der Waals surface area contributed by atoms with Gasteiger partial charge in [0, 0.05) is 38.3 Å². The lowest BCUT2D eigenvalue weighted by Gasteiger charge is -2.38. The van der Waals surface area contributed by atoms with Crippen LogP contribution in [-0.2, 0) is 0 Å². The first-order valence-corrected chi connectivity index (χ1v) is 8.75. The second kappa shape index (κ2) is 8.38. The summed E-state index contributed by atoms with van der Waals surface area (Å²) in [5, 5.41) is 2.89. The van der Waals surface area contributed by atoms with Gasteiger partial charge in [-0.2, -0.15) is 0 Å². The van der Waals surface area contributed by atoms with Gasteiger partial charge in [-0.05, 0) is 42.9 Å². The molecule has 138 valence electrons. The van der Waals surface area contributed by atoms with Crippen LogP contribution in [0.25, 0.3) is 0 Å². The highest BCUT2D eigenvalue weighted by Gasteiger charge is 2.24. The van der Waals surface area contributed by atoms with E-state index in [1.54, 1.807) is 18.2 Å². The lowest BCUT2D eigenvalue weighted by atomic mass is 10.0. The number of nitrogens with zero attached hydrogens (tertiary/aromatic N) is 2. The molecule has 0 saturated carbocycles. The summed E-state index contributed by atoms with van der Waals surface area (Å²) in [6.07, 6.45) is 0. The number of benzene rings is 2. The van der Waals surface area contributed by atoms with E-state index in [2.05, 4.69) is 22.2 Å². The van der Waals surface area contributed by atoms with E-state index < -0.39 is 5.82 Å². The molecule has 1 aliphatic heterocycles. The first-order chi connectivity index (χ1) is 12.5. The second-order valence-electron chi connectivity index (χ2n) is 6.63. The van der Waals surface area contributed by atoms with E-state index in [-0.39, 0.29) is 17.8 Å². The molecule has 0 spiro atoms. The van der Waals surface area contributed by atoms with Gasteiger partial charge in [0.15, 0.2) is 0 Å². The highest BCUT2D eigenvalue weighted by molar-refractivity contribution is 5.94. The fraction of sp³-hybridized carbons (Fsp3) is 0.350. The minimum atomic E-state index is -0.438. The van der Waals surface area contributed by atoms with Gasteiger partial charge in [0.25, 0.3) is 5.91 Å². The third-order valence-electron chi connectivity index (χ3n) is 4.78. The minimum Gasteiger partial charge on any atom is -0.350 e. The summed E-state index contributed by atoms with van der Waals surface area (Å²) in [5.41, 5.74) is 1.25. The number of halogens is 2. The summed E-state index contributed by atoms with van der Waals surface area (Å²) in [6, 6.07) is 12.0. The SMILES string of the molecule is CN1CCN([C@@H](CNC(=O)c2cccc(F)c2)c2ccc(F)cc2)CC1. The molecule has 0 bridgehead atoms. The molecule has 1 fully saturated rings. The highest BCUT2D eigenvalue weighted by atomic mass is 19.1. The van der Waals surface area contributed by atoms with Crippen LogP contribution < -0.4 is 5.32 Å². The Hall–Kier alpha value is -2.31. The molecule has 1 saturated heterocycles. The van der Waals surface area contributed by atoms with Crippen LogP contribution in [-0.4, -0.2) is 55.5 Å². The number of hydrogen-bond donors (Lipinski definition) is 1. The normalized spacial score (nSPS) is 17.0. The zero-order chi connectivity index (χ0) is 18.5. The van der Waals surface area contributed by atoms with Crippen molar-refractivity contribution >= 4 is 5.91 Å². The van der Waals surface area contributed by atoms with E-state index in [0.29, 0.717) is 12.1 Å². The van der Waals surface area contributed by atoms with E-state index in [9.17, 15) is 13.6 Å². The molecule has 4 nitrogen and oxygen atoms in total. The molecule has 0 aliphatic carbocycles. The second-order valence-corrected chi connectivity index (χ2v) is 6.63. The zero-order valence-corrected chi connectivity index (χ0v) is 14.8. The number of carbonyl (C=O) groups excluding carboxylic acids is 1. The molecule has 6 heteroatoms. The Labute approximate surface area is 152 Å². The number of amides is 1. The average Bonchev–Trinajstić information content (AvgIpc) is 2.64. The van der Waals surface area contributed by atoms with E-state index in [0.717, 1.165) is 31.7 Å². The molecule has 1 N–H and O–H groups in total. The maximum absolute atomic E-state index is 13.3. The third kappa shape index (κ3) is 4.65. The molecule has 1 aliphatic rings. The Morgan fingerprint density at radius 1 is 1.04 bits per heavy atom. The van der Waals surface area contributed by atoms with Gasteiger partial charge in [-0.1, -0.05) is 18.2 Å².